The first-order valence-corrected chi connectivity index (χ1v) is 8.08. The van der Waals surface area contributed by atoms with Gasteiger partial charge in [-0.25, -0.2) is 0 Å². The van der Waals surface area contributed by atoms with Crippen molar-refractivity contribution >= 4 is 22.6 Å². The quantitative estimate of drug-likeness (QED) is 0.670. The summed E-state index contributed by atoms with van der Waals surface area (Å²) in [6.07, 6.45) is 0. The van der Waals surface area contributed by atoms with Crippen molar-refractivity contribution in [2.45, 2.75) is 0 Å². The fourth-order valence-corrected chi connectivity index (χ4v) is 2.34. The number of fused-ring (bicyclic) bond motifs is 1. The van der Waals surface area contributed by atoms with Gasteiger partial charge in [-0.1, -0.05) is 54.6 Å². The molecule has 0 spiro atoms. The summed E-state index contributed by atoms with van der Waals surface area (Å²) in [6, 6.07) is 22.3. The normalized spacial score (nSPS) is 10.2. The molecule has 26 heavy (non-hydrogen) atoms. The smallest absolute Gasteiger partial charge is 0.276 e. The van der Waals surface area contributed by atoms with Crippen molar-refractivity contribution < 1.29 is 19.1 Å². The summed E-state index contributed by atoms with van der Waals surface area (Å²) in [4.78, 5) is 23.5. The predicted molar refractivity (Wildman–Crippen MR) is 97.7 cm³/mol. The third-order valence-electron chi connectivity index (χ3n) is 3.56. The number of carbonyl (C=O) groups excluding carboxylic acids is 2. The molecule has 0 saturated carbocycles. The molecule has 0 unspecified atom stereocenters. The van der Waals surface area contributed by atoms with Gasteiger partial charge in [-0.05, 0) is 23.6 Å². The number of ether oxygens (including phenoxy) is 2. The molecule has 0 fully saturated rings. The molecule has 0 aromatic heterocycles. The third kappa shape index (κ3) is 4.73. The molecular formula is C20H18N2O4. The topological polar surface area (TPSA) is 76.7 Å². The Labute approximate surface area is 150 Å². The number of hydrazine groups is 1. The number of hydrogen-bond donors (Lipinski definition) is 2. The number of para-hydroxylation sites is 1. The minimum absolute atomic E-state index is 0.200. The Balaban J connectivity index is 1.43. The molecule has 3 aromatic carbocycles. The van der Waals surface area contributed by atoms with Gasteiger partial charge in [0.1, 0.15) is 11.5 Å². The van der Waals surface area contributed by atoms with Crippen molar-refractivity contribution in [1.29, 1.82) is 0 Å². The van der Waals surface area contributed by atoms with E-state index >= 15 is 0 Å². The maximum atomic E-state index is 11.8. The standard InChI is InChI=1S/C20H18N2O4/c23-19(13-25-16-9-2-1-3-10-16)21-22-20(24)14-26-18-12-6-8-15-7-4-5-11-17(15)18/h1-12H,13-14H2,(H,21,23)(H,22,24). The Morgan fingerprint density at radius 1 is 0.692 bits per heavy atom. The first kappa shape index (κ1) is 17.3. The van der Waals surface area contributed by atoms with Crippen molar-refractivity contribution in [3.8, 4) is 11.5 Å². The van der Waals surface area contributed by atoms with Gasteiger partial charge < -0.3 is 9.47 Å². The van der Waals surface area contributed by atoms with Crippen molar-refractivity contribution in [1.82, 2.24) is 10.9 Å². The van der Waals surface area contributed by atoms with E-state index in [0.717, 1.165) is 10.8 Å². The Morgan fingerprint density at radius 2 is 1.31 bits per heavy atom. The van der Waals surface area contributed by atoms with Crippen LogP contribution in [0.25, 0.3) is 10.8 Å². The van der Waals surface area contributed by atoms with Crippen LogP contribution < -0.4 is 20.3 Å². The van der Waals surface area contributed by atoms with E-state index in [4.69, 9.17) is 9.47 Å². The van der Waals surface area contributed by atoms with Gasteiger partial charge in [0, 0.05) is 5.39 Å². The van der Waals surface area contributed by atoms with Crippen LogP contribution in [0.4, 0.5) is 0 Å². The lowest BCUT2D eigenvalue weighted by molar-refractivity contribution is -0.130. The largest absolute Gasteiger partial charge is 0.484 e. The van der Waals surface area contributed by atoms with Gasteiger partial charge >= 0.3 is 0 Å². The van der Waals surface area contributed by atoms with Gasteiger partial charge in [0.2, 0.25) is 0 Å². The molecule has 0 atom stereocenters. The molecule has 2 N–H and O–H groups in total. The lowest BCUT2D eigenvalue weighted by atomic mass is 10.1. The summed E-state index contributed by atoms with van der Waals surface area (Å²) < 4.78 is 10.8. The van der Waals surface area contributed by atoms with Crippen molar-refractivity contribution in [3.63, 3.8) is 0 Å². The van der Waals surface area contributed by atoms with Crippen molar-refractivity contribution in [2.24, 2.45) is 0 Å². The zero-order valence-corrected chi connectivity index (χ0v) is 14.0. The minimum atomic E-state index is -0.467. The van der Waals surface area contributed by atoms with Gasteiger partial charge in [-0.2, -0.15) is 0 Å². The summed E-state index contributed by atoms with van der Waals surface area (Å²) in [5.41, 5.74) is 4.58. The maximum absolute atomic E-state index is 11.8. The van der Waals surface area contributed by atoms with Crippen LogP contribution in [-0.4, -0.2) is 25.0 Å². The van der Waals surface area contributed by atoms with E-state index in [1.807, 2.05) is 42.5 Å². The first-order valence-electron chi connectivity index (χ1n) is 8.08. The van der Waals surface area contributed by atoms with Crippen LogP contribution in [0.1, 0.15) is 0 Å². The molecule has 6 heteroatoms. The van der Waals surface area contributed by atoms with Gasteiger partial charge in [-0.3, -0.25) is 20.4 Å². The molecule has 3 aromatic rings. The number of rotatable bonds is 6. The number of nitrogens with one attached hydrogen (secondary N) is 2. The summed E-state index contributed by atoms with van der Waals surface area (Å²) in [7, 11) is 0. The van der Waals surface area contributed by atoms with E-state index in [1.54, 1.807) is 30.3 Å². The summed E-state index contributed by atoms with van der Waals surface area (Å²) in [5.74, 6) is 0.253. The SMILES string of the molecule is O=C(COc1ccccc1)NNC(=O)COc1cccc2ccccc12. The second-order valence-electron chi connectivity index (χ2n) is 5.46. The average molecular weight is 350 g/mol. The number of carbonyl (C=O) groups is 2. The lowest BCUT2D eigenvalue weighted by Gasteiger charge is -2.11. The fraction of sp³-hybridized carbons (Fsp3) is 0.100. The first-order chi connectivity index (χ1) is 12.7. The third-order valence-corrected chi connectivity index (χ3v) is 3.56. The van der Waals surface area contributed by atoms with Crippen molar-refractivity contribution in [2.75, 3.05) is 13.2 Å². The van der Waals surface area contributed by atoms with E-state index in [0.29, 0.717) is 11.5 Å². The minimum Gasteiger partial charge on any atom is -0.484 e. The molecule has 2 amide bonds. The maximum Gasteiger partial charge on any atom is 0.276 e. The van der Waals surface area contributed by atoms with E-state index in [2.05, 4.69) is 10.9 Å². The zero-order chi connectivity index (χ0) is 18.2. The molecule has 0 aliphatic rings. The van der Waals surface area contributed by atoms with Crippen molar-refractivity contribution in [3.05, 3.63) is 72.8 Å². The van der Waals surface area contributed by atoms with Crippen LogP contribution in [-0.2, 0) is 9.59 Å². The molecule has 0 heterocycles. The molecule has 6 nitrogen and oxygen atoms in total. The Hall–Kier alpha value is -3.54. The van der Waals surface area contributed by atoms with Crippen LogP contribution in [0.5, 0.6) is 11.5 Å². The molecule has 132 valence electrons. The average Bonchev–Trinajstić information content (AvgIpc) is 2.70. The van der Waals surface area contributed by atoms with E-state index in [-0.39, 0.29) is 13.2 Å². The molecule has 0 bridgehead atoms. The summed E-state index contributed by atoms with van der Waals surface area (Å²) >= 11 is 0. The van der Waals surface area contributed by atoms with E-state index in [9.17, 15) is 9.59 Å². The Kier molecular flexibility index (Phi) is 5.67. The van der Waals surface area contributed by atoms with E-state index < -0.39 is 11.8 Å². The molecular weight excluding hydrogens is 332 g/mol. The van der Waals surface area contributed by atoms with Gasteiger partial charge in [0.25, 0.3) is 11.8 Å². The predicted octanol–water partition coefficient (Wildman–Crippen LogP) is 2.45. The molecule has 3 rings (SSSR count). The molecule has 0 aliphatic heterocycles. The monoisotopic (exact) mass is 350 g/mol. The van der Waals surface area contributed by atoms with Crippen LogP contribution >= 0.6 is 0 Å². The number of amides is 2. The second-order valence-corrected chi connectivity index (χ2v) is 5.46. The Morgan fingerprint density at radius 3 is 2.08 bits per heavy atom. The lowest BCUT2D eigenvalue weighted by Crippen LogP contribution is -2.45. The van der Waals surface area contributed by atoms with Gasteiger partial charge in [0.05, 0.1) is 0 Å². The van der Waals surface area contributed by atoms with Gasteiger partial charge in [0.15, 0.2) is 13.2 Å². The summed E-state index contributed by atoms with van der Waals surface area (Å²) in [6.45, 7) is -0.414. The zero-order valence-electron chi connectivity index (χ0n) is 14.0. The highest BCUT2D eigenvalue weighted by molar-refractivity contribution is 5.89. The number of hydrogen-bond acceptors (Lipinski definition) is 4. The van der Waals surface area contributed by atoms with Crippen LogP contribution in [0, 0.1) is 0 Å². The van der Waals surface area contributed by atoms with E-state index in [1.165, 1.54) is 0 Å². The fourth-order valence-electron chi connectivity index (χ4n) is 2.34. The summed E-state index contributed by atoms with van der Waals surface area (Å²) in [5, 5.41) is 1.94. The Bertz CT molecular complexity index is 891. The van der Waals surface area contributed by atoms with Gasteiger partial charge in [-0.15, -0.1) is 0 Å². The van der Waals surface area contributed by atoms with Crippen LogP contribution in [0.2, 0.25) is 0 Å². The molecule has 0 aliphatic carbocycles. The highest BCUT2D eigenvalue weighted by Crippen LogP contribution is 2.24. The molecule has 0 saturated heterocycles. The highest BCUT2D eigenvalue weighted by Gasteiger charge is 2.08. The molecule has 0 radical (unpaired) electrons. The number of benzene rings is 3. The van der Waals surface area contributed by atoms with Crippen LogP contribution in [0.3, 0.4) is 0 Å². The highest BCUT2D eigenvalue weighted by atomic mass is 16.5. The van der Waals surface area contributed by atoms with Crippen LogP contribution in [0.15, 0.2) is 72.8 Å². The second kappa shape index (κ2) is 8.53.